The first kappa shape index (κ1) is 15.3. The van der Waals surface area contributed by atoms with Crippen LogP contribution in [0.2, 0.25) is 0 Å². The van der Waals surface area contributed by atoms with Gasteiger partial charge in [-0.1, -0.05) is 12.1 Å². The normalized spacial score (nSPS) is 10.5. The van der Waals surface area contributed by atoms with Crippen molar-refractivity contribution in [2.45, 2.75) is 26.9 Å². The lowest BCUT2D eigenvalue weighted by atomic mass is 10.0. The van der Waals surface area contributed by atoms with Crippen LogP contribution >= 0.6 is 0 Å². The van der Waals surface area contributed by atoms with Crippen molar-refractivity contribution in [3.05, 3.63) is 52.7 Å². The molecule has 112 valence electrons. The Morgan fingerprint density at radius 2 is 1.90 bits per heavy atom. The van der Waals surface area contributed by atoms with Crippen LogP contribution in [-0.2, 0) is 13.0 Å². The molecule has 0 aliphatic rings. The number of ether oxygens (including phenoxy) is 2. The van der Waals surface area contributed by atoms with Gasteiger partial charge in [0.15, 0.2) is 0 Å². The van der Waals surface area contributed by atoms with E-state index in [1.54, 1.807) is 13.3 Å². The number of aromatic nitrogens is 1. The smallest absolute Gasteiger partial charge is 0.219 e. The number of benzene rings is 1. The number of hydrogen-bond acceptors (Lipinski definition) is 4. The van der Waals surface area contributed by atoms with E-state index in [4.69, 9.17) is 15.2 Å². The third-order valence-corrected chi connectivity index (χ3v) is 3.37. The van der Waals surface area contributed by atoms with E-state index < -0.39 is 0 Å². The van der Waals surface area contributed by atoms with Crippen molar-refractivity contribution in [2.24, 2.45) is 5.73 Å². The van der Waals surface area contributed by atoms with E-state index >= 15 is 0 Å². The van der Waals surface area contributed by atoms with E-state index in [1.807, 2.05) is 12.1 Å². The summed E-state index contributed by atoms with van der Waals surface area (Å²) < 4.78 is 11.2. The second-order valence-electron chi connectivity index (χ2n) is 5.06. The van der Waals surface area contributed by atoms with Gasteiger partial charge >= 0.3 is 0 Å². The molecule has 2 rings (SSSR count). The minimum atomic E-state index is 0.439. The molecule has 0 bridgehead atoms. The summed E-state index contributed by atoms with van der Waals surface area (Å²) in [6.45, 7) is 5.21. The second-order valence-corrected chi connectivity index (χ2v) is 5.06. The highest BCUT2D eigenvalue weighted by Crippen LogP contribution is 2.27. The number of aryl methyl sites for hydroxylation is 2. The molecule has 0 amide bonds. The van der Waals surface area contributed by atoms with Crippen molar-refractivity contribution in [1.29, 1.82) is 0 Å². The number of methoxy groups -OCH3 is 1. The van der Waals surface area contributed by atoms with Gasteiger partial charge in [0, 0.05) is 6.20 Å². The van der Waals surface area contributed by atoms with Gasteiger partial charge in [0.1, 0.15) is 12.4 Å². The Bertz CT molecular complexity index is 588. The van der Waals surface area contributed by atoms with Crippen molar-refractivity contribution in [1.82, 2.24) is 4.98 Å². The summed E-state index contributed by atoms with van der Waals surface area (Å²) in [5.41, 5.74) is 10.0. The van der Waals surface area contributed by atoms with Gasteiger partial charge < -0.3 is 15.2 Å². The van der Waals surface area contributed by atoms with Gasteiger partial charge in [0.25, 0.3) is 0 Å². The molecule has 0 aliphatic carbocycles. The van der Waals surface area contributed by atoms with Crippen molar-refractivity contribution < 1.29 is 9.47 Å². The number of pyridine rings is 1. The maximum atomic E-state index is 5.98. The summed E-state index contributed by atoms with van der Waals surface area (Å²) >= 11 is 0. The highest BCUT2D eigenvalue weighted by molar-refractivity contribution is 5.43. The van der Waals surface area contributed by atoms with Gasteiger partial charge in [-0.05, 0) is 55.6 Å². The van der Waals surface area contributed by atoms with Crippen molar-refractivity contribution in [2.75, 3.05) is 13.7 Å². The highest BCUT2D eigenvalue weighted by atomic mass is 16.5. The Morgan fingerprint density at radius 1 is 1.19 bits per heavy atom. The molecule has 4 heteroatoms. The molecule has 1 heterocycles. The predicted molar refractivity (Wildman–Crippen MR) is 83.8 cm³/mol. The fourth-order valence-electron chi connectivity index (χ4n) is 2.45. The third kappa shape index (κ3) is 3.73. The zero-order chi connectivity index (χ0) is 15.2. The van der Waals surface area contributed by atoms with Crippen molar-refractivity contribution in [3.63, 3.8) is 0 Å². The lowest BCUT2D eigenvalue weighted by Crippen LogP contribution is -2.05. The number of nitrogens with two attached hydrogens (primary N) is 1. The topological polar surface area (TPSA) is 57.4 Å². The molecule has 2 N–H and O–H groups in total. The van der Waals surface area contributed by atoms with Gasteiger partial charge in [0.2, 0.25) is 5.88 Å². The molecular formula is C17H22N2O2. The molecule has 2 aromatic rings. The fourth-order valence-corrected chi connectivity index (χ4v) is 2.45. The quantitative estimate of drug-likeness (QED) is 0.887. The first-order valence-electron chi connectivity index (χ1n) is 7.06. The van der Waals surface area contributed by atoms with E-state index in [0.717, 1.165) is 28.9 Å². The van der Waals surface area contributed by atoms with Crippen LogP contribution in [-0.4, -0.2) is 18.6 Å². The summed E-state index contributed by atoms with van der Waals surface area (Å²) in [7, 11) is 1.62. The Kier molecular flexibility index (Phi) is 5.17. The summed E-state index contributed by atoms with van der Waals surface area (Å²) in [4.78, 5) is 4.18. The molecule has 1 aromatic heterocycles. The average Bonchev–Trinajstić information content (AvgIpc) is 2.47. The Hall–Kier alpha value is -2.07. The molecule has 4 nitrogen and oxygen atoms in total. The molecule has 1 aromatic carbocycles. The van der Waals surface area contributed by atoms with Gasteiger partial charge in [-0.15, -0.1) is 0 Å². The lowest BCUT2D eigenvalue weighted by molar-refractivity contribution is 0.290. The molecule has 0 saturated carbocycles. The van der Waals surface area contributed by atoms with Gasteiger partial charge in [-0.2, -0.15) is 0 Å². The molecule has 0 unspecified atom stereocenters. The van der Waals surface area contributed by atoms with Gasteiger partial charge in [-0.3, -0.25) is 0 Å². The van der Waals surface area contributed by atoms with Crippen LogP contribution < -0.4 is 15.2 Å². The minimum absolute atomic E-state index is 0.439. The zero-order valence-corrected chi connectivity index (χ0v) is 12.8. The van der Waals surface area contributed by atoms with Crippen molar-refractivity contribution >= 4 is 0 Å². The maximum absolute atomic E-state index is 5.98. The summed E-state index contributed by atoms with van der Waals surface area (Å²) in [5, 5.41) is 0. The number of hydrogen-bond donors (Lipinski definition) is 1. The maximum Gasteiger partial charge on any atom is 0.219 e. The SMILES string of the molecule is COc1ncccc1COc1c(C)cc(CCN)cc1C. The van der Waals surface area contributed by atoms with Crippen LogP contribution in [0.3, 0.4) is 0 Å². The van der Waals surface area contributed by atoms with E-state index in [2.05, 4.69) is 31.0 Å². The number of rotatable bonds is 6. The van der Waals surface area contributed by atoms with Crippen LogP contribution in [0.25, 0.3) is 0 Å². The first-order valence-corrected chi connectivity index (χ1v) is 7.06. The minimum Gasteiger partial charge on any atom is -0.488 e. The van der Waals surface area contributed by atoms with Crippen LogP contribution in [0, 0.1) is 13.8 Å². The predicted octanol–water partition coefficient (Wildman–Crippen LogP) is 2.79. The standard InChI is InChI=1S/C17H22N2O2/c1-12-9-14(6-7-18)10-13(2)16(12)21-11-15-5-4-8-19-17(15)20-3/h4-5,8-10H,6-7,11,18H2,1-3H3. The van der Waals surface area contributed by atoms with Gasteiger partial charge in [0.05, 0.1) is 12.7 Å². The molecule has 21 heavy (non-hydrogen) atoms. The van der Waals surface area contributed by atoms with E-state index in [9.17, 15) is 0 Å². The molecule has 0 radical (unpaired) electrons. The summed E-state index contributed by atoms with van der Waals surface area (Å²) in [6, 6.07) is 8.11. The molecule has 0 saturated heterocycles. The monoisotopic (exact) mass is 286 g/mol. The molecule has 0 aliphatic heterocycles. The average molecular weight is 286 g/mol. The first-order chi connectivity index (χ1) is 10.2. The van der Waals surface area contributed by atoms with Crippen LogP contribution in [0.4, 0.5) is 0 Å². The van der Waals surface area contributed by atoms with E-state index in [0.29, 0.717) is 19.0 Å². The zero-order valence-electron chi connectivity index (χ0n) is 12.8. The Labute approximate surface area is 125 Å². The molecule has 0 spiro atoms. The largest absolute Gasteiger partial charge is 0.488 e. The number of nitrogens with zero attached hydrogens (tertiary/aromatic N) is 1. The lowest BCUT2D eigenvalue weighted by Gasteiger charge is -2.15. The van der Waals surface area contributed by atoms with Crippen molar-refractivity contribution in [3.8, 4) is 11.6 Å². The Morgan fingerprint density at radius 3 is 2.52 bits per heavy atom. The summed E-state index contributed by atoms with van der Waals surface area (Å²) in [6.07, 6.45) is 2.60. The fraction of sp³-hybridized carbons (Fsp3) is 0.353. The summed E-state index contributed by atoms with van der Waals surface area (Å²) in [5.74, 6) is 1.52. The molecule has 0 fully saturated rings. The van der Waals surface area contributed by atoms with Gasteiger partial charge in [-0.25, -0.2) is 4.98 Å². The molecule has 0 atom stereocenters. The van der Waals surface area contributed by atoms with Crippen LogP contribution in [0.1, 0.15) is 22.3 Å². The van der Waals surface area contributed by atoms with E-state index in [1.165, 1.54) is 5.56 Å². The van der Waals surface area contributed by atoms with Crippen LogP contribution in [0.5, 0.6) is 11.6 Å². The van der Waals surface area contributed by atoms with Crippen LogP contribution in [0.15, 0.2) is 30.5 Å². The second kappa shape index (κ2) is 7.09. The Balaban J connectivity index is 2.16. The third-order valence-electron chi connectivity index (χ3n) is 3.37. The van der Waals surface area contributed by atoms with E-state index in [-0.39, 0.29) is 0 Å². The highest BCUT2D eigenvalue weighted by Gasteiger charge is 2.09. The molecular weight excluding hydrogens is 264 g/mol.